The first kappa shape index (κ1) is 38.0. The third-order valence-electron chi connectivity index (χ3n) is 9.08. The van der Waals surface area contributed by atoms with Gasteiger partial charge in [0.25, 0.3) is 0 Å². The van der Waals surface area contributed by atoms with Crippen LogP contribution in [-0.4, -0.2) is 0 Å². The number of hydrogen-bond donors (Lipinski definition) is 0. The molecule has 0 amide bonds. The lowest BCUT2D eigenvalue weighted by Gasteiger charge is -2.09. The van der Waals surface area contributed by atoms with E-state index in [2.05, 4.69) is 20.8 Å². The summed E-state index contributed by atoms with van der Waals surface area (Å²) in [6.45, 7) is 7.06. The van der Waals surface area contributed by atoms with E-state index < -0.39 is 0 Å². The van der Waals surface area contributed by atoms with Crippen LogP contribution >= 0.6 is 0 Å². The van der Waals surface area contributed by atoms with Crippen molar-refractivity contribution in [2.45, 2.75) is 239 Å². The van der Waals surface area contributed by atoms with Gasteiger partial charge in [0.2, 0.25) is 0 Å². The number of hydrogen-bond acceptors (Lipinski definition) is 0. The maximum atomic E-state index is 2.44. The fourth-order valence-corrected chi connectivity index (χ4v) is 6.33. The number of rotatable bonds is 34. The Balaban J connectivity index is 3.04. The molecule has 0 nitrogen and oxygen atoms in total. The largest absolute Gasteiger partial charge is 0.0654 e. The Kier molecular flexibility index (Phi) is 35.0. The van der Waals surface area contributed by atoms with Crippen LogP contribution in [0.5, 0.6) is 0 Å². The zero-order chi connectivity index (χ0) is 27.6. The summed E-state index contributed by atoms with van der Waals surface area (Å²) in [6, 6.07) is 0. The summed E-state index contributed by atoms with van der Waals surface area (Å²) in [5.74, 6) is 0.962. The zero-order valence-electron chi connectivity index (χ0n) is 27.6. The summed E-state index contributed by atoms with van der Waals surface area (Å²) in [5, 5.41) is 0. The van der Waals surface area contributed by atoms with Gasteiger partial charge in [0.05, 0.1) is 0 Å². The molecule has 0 saturated carbocycles. The lowest BCUT2D eigenvalue weighted by molar-refractivity contribution is 0.449. The van der Waals surface area contributed by atoms with E-state index in [0.29, 0.717) is 0 Å². The molecule has 0 aromatic rings. The second-order valence-electron chi connectivity index (χ2n) is 13.3. The van der Waals surface area contributed by atoms with Crippen LogP contribution in [0.15, 0.2) is 0 Å². The molecular weight excluding hydrogens is 456 g/mol. The Morgan fingerprint density at radius 2 is 0.447 bits per heavy atom. The molecular formula is C38H78. The van der Waals surface area contributed by atoms with Crippen molar-refractivity contribution in [2.75, 3.05) is 0 Å². The van der Waals surface area contributed by atoms with Crippen LogP contribution in [0.3, 0.4) is 0 Å². The van der Waals surface area contributed by atoms with Crippen molar-refractivity contribution in [3.8, 4) is 0 Å². The van der Waals surface area contributed by atoms with Crippen molar-refractivity contribution in [1.82, 2.24) is 0 Å². The first-order valence-corrected chi connectivity index (χ1v) is 18.8. The van der Waals surface area contributed by atoms with Crippen LogP contribution in [0.2, 0.25) is 0 Å². The fourth-order valence-electron chi connectivity index (χ4n) is 6.33. The van der Waals surface area contributed by atoms with Crippen molar-refractivity contribution in [3.63, 3.8) is 0 Å². The highest BCUT2D eigenvalue weighted by molar-refractivity contribution is 4.55. The SMILES string of the molecule is CCCCCCCCCCCCCCCCCCCCCCCCCCCCCCCCCC(C)CCC. The molecule has 0 aliphatic heterocycles. The first-order chi connectivity index (χ1) is 18.8. The van der Waals surface area contributed by atoms with Gasteiger partial charge in [0, 0.05) is 0 Å². The lowest BCUT2D eigenvalue weighted by Crippen LogP contribution is -1.93. The predicted octanol–water partition coefficient (Wildman–Crippen LogP) is 14.9. The third-order valence-corrected chi connectivity index (χ3v) is 9.08. The molecule has 0 heterocycles. The van der Waals surface area contributed by atoms with Crippen LogP contribution in [0.1, 0.15) is 239 Å². The highest BCUT2D eigenvalue weighted by Crippen LogP contribution is 2.18. The molecule has 0 rings (SSSR count). The molecule has 0 N–H and O–H groups in total. The molecule has 230 valence electrons. The van der Waals surface area contributed by atoms with Crippen LogP contribution < -0.4 is 0 Å². The summed E-state index contributed by atoms with van der Waals surface area (Å²) in [7, 11) is 0. The molecule has 0 aromatic carbocycles. The summed E-state index contributed by atoms with van der Waals surface area (Å²) in [6.07, 6.45) is 50.3. The Hall–Kier alpha value is 0. The normalized spacial score (nSPS) is 12.4. The van der Waals surface area contributed by atoms with Crippen LogP contribution in [-0.2, 0) is 0 Å². The summed E-state index contributed by atoms with van der Waals surface area (Å²) in [5.41, 5.74) is 0. The van der Waals surface area contributed by atoms with Gasteiger partial charge in [0.1, 0.15) is 0 Å². The second-order valence-corrected chi connectivity index (χ2v) is 13.3. The standard InChI is InChI=1S/C38H78/c1-4-6-7-8-9-10-11-12-13-14-15-16-17-18-19-20-21-22-23-24-25-26-27-28-29-30-31-32-33-34-35-37-38(3)36-5-2/h38H,4-37H2,1-3H3. The van der Waals surface area contributed by atoms with Crippen molar-refractivity contribution < 1.29 is 0 Å². The fraction of sp³-hybridized carbons (Fsp3) is 1.00. The Morgan fingerprint density at radius 3 is 0.658 bits per heavy atom. The quantitative estimate of drug-likeness (QED) is 0.0720. The lowest BCUT2D eigenvalue weighted by atomic mass is 9.98. The van der Waals surface area contributed by atoms with Gasteiger partial charge < -0.3 is 0 Å². The third kappa shape index (κ3) is 34.0. The first-order valence-electron chi connectivity index (χ1n) is 18.8. The molecule has 0 aromatic heterocycles. The number of unbranched alkanes of at least 4 members (excludes halogenated alkanes) is 30. The minimum absolute atomic E-state index is 0.962. The van der Waals surface area contributed by atoms with Gasteiger partial charge in [-0.15, -0.1) is 0 Å². The van der Waals surface area contributed by atoms with E-state index in [1.807, 2.05) is 0 Å². The van der Waals surface area contributed by atoms with Crippen molar-refractivity contribution in [1.29, 1.82) is 0 Å². The Bertz CT molecular complexity index is 385. The van der Waals surface area contributed by atoms with E-state index in [1.54, 1.807) is 0 Å². The summed E-state index contributed by atoms with van der Waals surface area (Å²) < 4.78 is 0. The Morgan fingerprint density at radius 1 is 0.237 bits per heavy atom. The van der Waals surface area contributed by atoms with E-state index in [4.69, 9.17) is 0 Å². The molecule has 0 radical (unpaired) electrons. The van der Waals surface area contributed by atoms with Crippen molar-refractivity contribution in [2.24, 2.45) is 5.92 Å². The highest BCUT2D eigenvalue weighted by atomic mass is 14.1. The highest BCUT2D eigenvalue weighted by Gasteiger charge is 2.00. The minimum Gasteiger partial charge on any atom is -0.0654 e. The second kappa shape index (κ2) is 35.0. The van der Waals surface area contributed by atoms with Gasteiger partial charge in [0.15, 0.2) is 0 Å². The minimum atomic E-state index is 0.962. The van der Waals surface area contributed by atoms with E-state index in [0.717, 1.165) is 5.92 Å². The Labute approximate surface area is 244 Å². The van der Waals surface area contributed by atoms with Crippen LogP contribution in [0, 0.1) is 5.92 Å². The molecule has 0 bridgehead atoms. The van der Waals surface area contributed by atoms with Gasteiger partial charge in [-0.05, 0) is 5.92 Å². The van der Waals surface area contributed by atoms with Crippen LogP contribution in [0.4, 0.5) is 0 Å². The average Bonchev–Trinajstić information content (AvgIpc) is 2.92. The molecule has 0 fully saturated rings. The van der Waals surface area contributed by atoms with E-state index in [1.165, 1.54) is 218 Å². The maximum Gasteiger partial charge on any atom is -0.0443 e. The monoisotopic (exact) mass is 535 g/mol. The van der Waals surface area contributed by atoms with Gasteiger partial charge in [-0.1, -0.05) is 239 Å². The molecule has 0 heteroatoms. The molecule has 1 atom stereocenters. The molecule has 0 saturated heterocycles. The van der Waals surface area contributed by atoms with Gasteiger partial charge in [-0.25, -0.2) is 0 Å². The summed E-state index contributed by atoms with van der Waals surface area (Å²) in [4.78, 5) is 0. The van der Waals surface area contributed by atoms with E-state index in [-0.39, 0.29) is 0 Å². The zero-order valence-corrected chi connectivity index (χ0v) is 27.6. The topological polar surface area (TPSA) is 0 Å². The molecule has 0 spiro atoms. The van der Waals surface area contributed by atoms with Crippen molar-refractivity contribution >= 4 is 0 Å². The van der Waals surface area contributed by atoms with Crippen LogP contribution in [0.25, 0.3) is 0 Å². The van der Waals surface area contributed by atoms with Gasteiger partial charge >= 0.3 is 0 Å². The molecule has 0 aliphatic rings. The van der Waals surface area contributed by atoms with Gasteiger partial charge in [-0.2, -0.15) is 0 Å². The molecule has 0 aliphatic carbocycles. The summed E-state index contributed by atoms with van der Waals surface area (Å²) >= 11 is 0. The maximum absolute atomic E-state index is 2.44. The van der Waals surface area contributed by atoms with Gasteiger partial charge in [-0.3, -0.25) is 0 Å². The average molecular weight is 535 g/mol. The van der Waals surface area contributed by atoms with E-state index in [9.17, 15) is 0 Å². The van der Waals surface area contributed by atoms with Crippen molar-refractivity contribution in [3.05, 3.63) is 0 Å². The predicted molar refractivity (Wildman–Crippen MR) is 177 cm³/mol. The molecule has 1 unspecified atom stereocenters. The van der Waals surface area contributed by atoms with E-state index >= 15 is 0 Å². The molecule has 38 heavy (non-hydrogen) atoms. The smallest absolute Gasteiger partial charge is 0.0443 e.